The number of ether oxygens (including phenoxy) is 1. The van der Waals surface area contributed by atoms with E-state index in [1.807, 2.05) is 0 Å². The standard InChI is InChI=1S/C16H14N6O5S/c23-13(7-22-9-17-8-19-22)21-18-6-10-1-3-11(4-2-10)27-14(24)5-12-15(25)20-16(26)28-12/h1-4,6,8-9,12H,5,7H2,(H,21,23)(H,20,25,26)/b18-6-. The van der Waals surface area contributed by atoms with Crippen molar-refractivity contribution in [1.82, 2.24) is 25.5 Å². The Bertz CT molecular complexity index is 912. The molecule has 1 aromatic carbocycles. The van der Waals surface area contributed by atoms with E-state index in [0.717, 1.165) is 11.8 Å². The highest BCUT2D eigenvalue weighted by Crippen LogP contribution is 2.23. The van der Waals surface area contributed by atoms with Crippen LogP contribution in [-0.2, 0) is 20.9 Å². The highest BCUT2D eigenvalue weighted by Gasteiger charge is 2.33. The van der Waals surface area contributed by atoms with Crippen molar-refractivity contribution >= 4 is 41.0 Å². The van der Waals surface area contributed by atoms with Crippen LogP contribution in [-0.4, -0.2) is 49.3 Å². The van der Waals surface area contributed by atoms with Crippen LogP contribution < -0.4 is 15.5 Å². The molecule has 144 valence electrons. The number of benzene rings is 1. The van der Waals surface area contributed by atoms with Crippen molar-refractivity contribution < 1.29 is 23.9 Å². The summed E-state index contributed by atoms with van der Waals surface area (Å²) in [5.74, 6) is -1.19. The molecule has 1 unspecified atom stereocenters. The third-order valence-electron chi connectivity index (χ3n) is 3.41. The van der Waals surface area contributed by atoms with Crippen molar-refractivity contribution in [3.8, 4) is 5.75 Å². The van der Waals surface area contributed by atoms with E-state index >= 15 is 0 Å². The lowest BCUT2D eigenvalue weighted by Crippen LogP contribution is -2.27. The molecule has 3 rings (SSSR count). The van der Waals surface area contributed by atoms with Crippen molar-refractivity contribution in [2.45, 2.75) is 18.2 Å². The molecule has 12 heteroatoms. The zero-order valence-electron chi connectivity index (χ0n) is 14.3. The van der Waals surface area contributed by atoms with E-state index < -0.39 is 22.4 Å². The molecule has 1 aliphatic rings. The number of aromatic nitrogens is 3. The molecular weight excluding hydrogens is 388 g/mol. The highest BCUT2D eigenvalue weighted by atomic mass is 32.2. The number of hydrogen-bond acceptors (Lipinski definition) is 9. The first kappa shape index (κ1) is 19.2. The van der Waals surface area contributed by atoms with Gasteiger partial charge in [-0.3, -0.25) is 24.5 Å². The van der Waals surface area contributed by atoms with Gasteiger partial charge < -0.3 is 4.74 Å². The van der Waals surface area contributed by atoms with Gasteiger partial charge in [0.15, 0.2) is 0 Å². The Hall–Kier alpha value is -3.54. The minimum absolute atomic E-state index is 0.00483. The lowest BCUT2D eigenvalue weighted by molar-refractivity contribution is -0.135. The number of thioether (sulfide) groups is 1. The first-order chi connectivity index (χ1) is 13.5. The van der Waals surface area contributed by atoms with Crippen molar-refractivity contribution in [3.05, 3.63) is 42.5 Å². The molecular formula is C16H14N6O5S. The smallest absolute Gasteiger partial charge is 0.312 e. The first-order valence-electron chi connectivity index (χ1n) is 7.96. The van der Waals surface area contributed by atoms with Gasteiger partial charge in [0.25, 0.3) is 11.1 Å². The summed E-state index contributed by atoms with van der Waals surface area (Å²) < 4.78 is 6.50. The normalized spacial score (nSPS) is 16.2. The van der Waals surface area contributed by atoms with Gasteiger partial charge in [0.2, 0.25) is 5.91 Å². The van der Waals surface area contributed by atoms with E-state index in [1.165, 1.54) is 23.6 Å². The maximum Gasteiger partial charge on any atom is 0.312 e. The molecule has 0 spiro atoms. The van der Waals surface area contributed by atoms with Crippen LogP contribution in [0.1, 0.15) is 12.0 Å². The summed E-state index contributed by atoms with van der Waals surface area (Å²) in [6.07, 6.45) is 3.96. The predicted molar refractivity (Wildman–Crippen MR) is 97.4 cm³/mol. The van der Waals surface area contributed by atoms with Gasteiger partial charge in [-0.15, -0.1) is 0 Å². The fraction of sp³-hybridized carbons (Fsp3) is 0.188. The van der Waals surface area contributed by atoms with Crippen LogP contribution in [0, 0.1) is 0 Å². The number of carbonyl (C=O) groups excluding carboxylic acids is 4. The largest absolute Gasteiger partial charge is 0.426 e. The second-order valence-corrected chi connectivity index (χ2v) is 6.69. The molecule has 2 aromatic rings. The van der Waals surface area contributed by atoms with E-state index in [1.54, 1.807) is 24.3 Å². The van der Waals surface area contributed by atoms with Crippen LogP contribution >= 0.6 is 11.8 Å². The highest BCUT2D eigenvalue weighted by molar-refractivity contribution is 8.15. The Labute approximate surface area is 162 Å². The molecule has 11 nitrogen and oxygen atoms in total. The number of nitrogens with one attached hydrogen (secondary N) is 2. The Morgan fingerprint density at radius 3 is 2.75 bits per heavy atom. The monoisotopic (exact) mass is 402 g/mol. The molecule has 2 N–H and O–H groups in total. The van der Waals surface area contributed by atoms with Gasteiger partial charge in [0, 0.05) is 0 Å². The fourth-order valence-corrected chi connectivity index (χ4v) is 2.95. The fourth-order valence-electron chi connectivity index (χ4n) is 2.15. The average Bonchev–Trinajstić information content (AvgIpc) is 3.26. The van der Waals surface area contributed by atoms with E-state index in [0.29, 0.717) is 5.56 Å². The van der Waals surface area contributed by atoms with Gasteiger partial charge in [-0.25, -0.2) is 15.1 Å². The summed E-state index contributed by atoms with van der Waals surface area (Å²) >= 11 is 0.766. The number of carbonyl (C=O) groups is 4. The second-order valence-electron chi connectivity index (χ2n) is 5.52. The van der Waals surface area contributed by atoms with Gasteiger partial charge >= 0.3 is 5.97 Å². The minimum atomic E-state index is -0.771. The number of nitrogens with zero attached hydrogens (tertiary/aromatic N) is 4. The second kappa shape index (κ2) is 8.90. The maximum atomic E-state index is 11.9. The Morgan fingerprint density at radius 2 is 2.11 bits per heavy atom. The summed E-state index contributed by atoms with van der Waals surface area (Å²) in [7, 11) is 0. The first-order valence-corrected chi connectivity index (χ1v) is 8.84. The molecule has 0 saturated carbocycles. The summed E-state index contributed by atoms with van der Waals surface area (Å²) in [6.45, 7) is -0.00483. The van der Waals surface area contributed by atoms with Crippen LogP contribution in [0.25, 0.3) is 0 Å². The Morgan fingerprint density at radius 1 is 1.32 bits per heavy atom. The number of amides is 3. The van der Waals surface area contributed by atoms with E-state index in [2.05, 4.69) is 25.9 Å². The number of imide groups is 1. The SMILES string of the molecule is O=C(Cn1cncn1)N/N=C\c1ccc(OC(=O)CC2SC(=O)NC2=O)cc1. The maximum absolute atomic E-state index is 11.9. The van der Waals surface area contributed by atoms with Crippen LogP contribution in [0.3, 0.4) is 0 Å². The molecule has 28 heavy (non-hydrogen) atoms. The van der Waals surface area contributed by atoms with Crippen LogP contribution in [0.15, 0.2) is 42.0 Å². The molecule has 3 amide bonds. The van der Waals surface area contributed by atoms with E-state index in [9.17, 15) is 19.2 Å². The molecule has 1 saturated heterocycles. The molecule has 1 aromatic heterocycles. The number of rotatable bonds is 7. The van der Waals surface area contributed by atoms with Gasteiger partial charge in [0.1, 0.15) is 30.2 Å². The summed E-state index contributed by atoms with van der Waals surface area (Å²) in [5.41, 5.74) is 3.02. The van der Waals surface area contributed by atoms with Gasteiger partial charge in [0.05, 0.1) is 12.6 Å². The van der Waals surface area contributed by atoms with Crippen molar-refractivity contribution in [3.63, 3.8) is 0 Å². The quantitative estimate of drug-likeness (QED) is 0.287. The van der Waals surface area contributed by atoms with Gasteiger partial charge in [-0.2, -0.15) is 10.2 Å². The number of hydrazone groups is 1. The van der Waals surface area contributed by atoms with Crippen LogP contribution in [0.2, 0.25) is 0 Å². The lowest BCUT2D eigenvalue weighted by atomic mass is 10.2. The third kappa shape index (κ3) is 5.48. The van der Waals surface area contributed by atoms with Gasteiger partial charge in [-0.05, 0) is 29.8 Å². The van der Waals surface area contributed by atoms with Crippen LogP contribution in [0.4, 0.5) is 4.79 Å². The Balaban J connectivity index is 1.45. The minimum Gasteiger partial charge on any atom is -0.426 e. The summed E-state index contributed by atoms with van der Waals surface area (Å²) in [5, 5.41) is 8.50. The van der Waals surface area contributed by atoms with E-state index in [-0.39, 0.29) is 24.6 Å². The van der Waals surface area contributed by atoms with E-state index in [4.69, 9.17) is 4.74 Å². The number of esters is 1. The average molecular weight is 402 g/mol. The zero-order chi connectivity index (χ0) is 19.9. The van der Waals surface area contributed by atoms with Crippen molar-refractivity contribution in [1.29, 1.82) is 0 Å². The number of hydrogen-bond donors (Lipinski definition) is 2. The molecule has 0 aliphatic carbocycles. The predicted octanol–water partition coefficient (Wildman–Crippen LogP) is 0.0755. The summed E-state index contributed by atoms with van der Waals surface area (Å²) in [4.78, 5) is 49.8. The van der Waals surface area contributed by atoms with Crippen molar-refractivity contribution in [2.75, 3.05) is 0 Å². The molecule has 1 aliphatic heterocycles. The molecule has 0 radical (unpaired) electrons. The lowest BCUT2D eigenvalue weighted by Gasteiger charge is -2.06. The summed E-state index contributed by atoms with van der Waals surface area (Å²) in [6, 6.07) is 6.36. The molecule has 1 fully saturated rings. The van der Waals surface area contributed by atoms with Crippen LogP contribution in [0.5, 0.6) is 5.75 Å². The molecule has 0 bridgehead atoms. The van der Waals surface area contributed by atoms with Gasteiger partial charge in [-0.1, -0.05) is 11.8 Å². The molecule has 2 heterocycles. The zero-order valence-corrected chi connectivity index (χ0v) is 15.1. The topological polar surface area (TPSA) is 145 Å². The third-order valence-corrected chi connectivity index (χ3v) is 4.39. The molecule has 1 atom stereocenters. The Kier molecular flexibility index (Phi) is 6.11. The van der Waals surface area contributed by atoms with Crippen molar-refractivity contribution in [2.24, 2.45) is 5.10 Å².